The third-order valence-corrected chi connectivity index (χ3v) is 17.7. The molecule has 3 aromatic carbocycles. The van der Waals surface area contributed by atoms with E-state index in [2.05, 4.69) is 37.2 Å². The number of thioether (sulfide) groups is 1. The molecular weight excluding hydrogens is 1190 g/mol. The van der Waals surface area contributed by atoms with Crippen molar-refractivity contribution in [1.29, 1.82) is 0 Å². The monoisotopic (exact) mass is 1260 g/mol. The topological polar surface area (TPSA) is 337 Å². The second kappa shape index (κ2) is 35.3. The Morgan fingerprint density at radius 3 is 1.87 bits per heavy atom. The van der Waals surface area contributed by atoms with Crippen LogP contribution in [0, 0.1) is 0 Å². The van der Waals surface area contributed by atoms with E-state index in [0.717, 1.165) is 25.0 Å². The fourth-order valence-corrected chi connectivity index (χ4v) is 12.5. The molecule has 7 atom stereocenters. The van der Waals surface area contributed by atoms with Crippen molar-refractivity contribution in [1.82, 2.24) is 42.1 Å². The number of ether oxygens (including phenoxy) is 4. The Morgan fingerprint density at radius 1 is 0.706 bits per heavy atom. The molecule has 1 unspecified atom stereocenters. The Morgan fingerprint density at radius 2 is 1.27 bits per heavy atom. The molecule has 29 heteroatoms. The number of amides is 8. The van der Waals surface area contributed by atoms with E-state index in [0.29, 0.717) is 60.1 Å². The van der Waals surface area contributed by atoms with Crippen molar-refractivity contribution in [3.63, 3.8) is 0 Å². The Kier molecular flexibility index (Phi) is 28.1. The number of nitrogens with one attached hydrogen (secondary N) is 7. The van der Waals surface area contributed by atoms with Crippen molar-refractivity contribution < 1.29 is 81.1 Å². The number of carbonyl (C=O) groups is 8. The van der Waals surface area contributed by atoms with Gasteiger partial charge in [-0.25, -0.2) is 9.36 Å². The highest BCUT2D eigenvalue weighted by Gasteiger charge is 2.43. The SMILES string of the molecule is CC(NC(=O)[C@H](CC(=O)O)NC(=O)[C@H](Cc1ccc(O)cc1)NC(=O)[C@@H]1CCCN1C(=O)CCOCCOCCNC(=O)CCOCCOCCNC(=O)CCCC[C@@H]1SC[C@@H]2NC(=O)N[C@@H]21)P(=O)(Oc1ccc(Cl)cc1)Oc1ccc(Cl)cc1. The Hall–Kier alpha value is -6.38. The van der Waals surface area contributed by atoms with Crippen LogP contribution in [0.1, 0.15) is 70.3 Å². The second-order valence-corrected chi connectivity index (χ2v) is 24.5. The summed E-state index contributed by atoms with van der Waals surface area (Å²) in [4.78, 5) is 105. The van der Waals surface area contributed by atoms with Crippen molar-refractivity contribution in [3.05, 3.63) is 88.4 Å². The highest BCUT2D eigenvalue weighted by molar-refractivity contribution is 8.00. The lowest BCUT2D eigenvalue weighted by Gasteiger charge is -2.29. The third-order valence-electron chi connectivity index (χ3n) is 13.7. The number of halogens is 2. The van der Waals surface area contributed by atoms with E-state index >= 15 is 0 Å². The molecule has 6 rings (SSSR count). The molecule has 0 aromatic heterocycles. The standard InChI is InChI=1S/C56H75Cl2N8O17PS/c1-36(84(77,82-41-16-10-38(57)11-17-41)83-42-18-12-39(58)13-19-42)61-53(73)44(34-51(71)72)62-54(74)43(33-37-8-14-40(67)15-9-37)63-55(75)46-5-4-24-66(46)50(70)21-26-79-30-32-81-28-23-60-49(69)20-25-78-29-31-80-27-22-59-48(68)7-3-2-6-47-52-45(35-85-47)64-56(76)65-52/h8-19,36,43-47,52,67H,2-7,20-35H2,1H3,(H,59,68)(H,60,69)(H,61,73)(H,62,74)(H,63,75)(H,71,72)(H2,64,65,76)/t36?,43-,44-,45-,46-,47-,52-/m0/s1. The average molecular weight is 1270 g/mol. The van der Waals surface area contributed by atoms with Crippen LogP contribution in [0.3, 0.4) is 0 Å². The molecule has 0 bridgehead atoms. The number of likely N-dealkylation sites (tertiary alicyclic amines) is 1. The molecule has 3 aliphatic heterocycles. The van der Waals surface area contributed by atoms with Gasteiger partial charge in [0.25, 0.3) is 0 Å². The van der Waals surface area contributed by atoms with E-state index in [1.54, 1.807) is 0 Å². The van der Waals surface area contributed by atoms with Gasteiger partial charge in [-0.15, -0.1) is 0 Å². The number of urea groups is 1. The number of aromatic hydroxyl groups is 1. The van der Waals surface area contributed by atoms with Crippen LogP contribution in [-0.4, -0.2) is 182 Å². The normalized spacial score (nSPS) is 18.2. The van der Waals surface area contributed by atoms with Gasteiger partial charge in [0.2, 0.25) is 35.4 Å². The van der Waals surface area contributed by atoms with Crippen molar-refractivity contribution >= 4 is 90.0 Å². The Balaban J connectivity index is 0.853. The van der Waals surface area contributed by atoms with Gasteiger partial charge in [0, 0.05) is 59.9 Å². The first-order chi connectivity index (χ1) is 40.8. The zero-order chi connectivity index (χ0) is 61.1. The van der Waals surface area contributed by atoms with E-state index in [1.807, 2.05) is 11.8 Å². The van der Waals surface area contributed by atoms with Crippen LogP contribution in [0.15, 0.2) is 72.8 Å². The maximum atomic E-state index is 14.5. The lowest BCUT2D eigenvalue weighted by Crippen LogP contribution is -2.57. The number of hydrogen-bond donors (Lipinski definition) is 9. The van der Waals surface area contributed by atoms with Gasteiger partial charge in [-0.2, -0.15) is 11.8 Å². The molecule has 3 fully saturated rings. The maximum Gasteiger partial charge on any atom is 0.452 e. The number of rotatable bonds is 38. The average Bonchev–Trinajstić information content (AvgIpc) is 3.73. The number of aliphatic carboxylic acids is 1. The molecule has 3 heterocycles. The highest BCUT2D eigenvalue weighted by Crippen LogP contribution is 2.52. The summed E-state index contributed by atoms with van der Waals surface area (Å²) in [6.45, 7) is 3.91. The van der Waals surface area contributed by atoms with E-state index in [1.165, 1.54) is 84.6 Å². The molecule has 8 amide bonds. The van der Waals surface area contributed by atoms with Gasteiger partial charge in [-0.05, 0) is 98.8 Å². The first-order valence-corrected chi connectivity index (χ1v) is 31.5. The summed E-state index contributed by atoms with van der Waals surface area (Å²) in [7, 11) is -4.42. The van der Waals surface area contributed by atoms with E-state index in [-0.39, 0.29) is 125 Å². The first kappa shape index (κ1) is 67.7. The zero-order valence-electron chi connectivity index (χ0n) is 47.1. The number of carboxylic acid groups (broad SMARTS) is 1. The number of unbranched alkanes of at least 4 members (excludes halogenated alkanes) is 1. The number of nitrogens with zero attached hydrogens (tertiary/aromatic N) is 1. The summed E-state index contributed by atoms with van der Waals surface area (Å²) in [6, 6.07) is 13.5. The van der Waals surface area contributed by atoms with Crippen LogP contribution in [0.2, 0.25) is 10.0 Å². The van der Waals surface area contributed by atoms with Gasteiger partial charge in [0.15, 0.2) is 5.78 Å². The van der Waals surface area contributed by atoms with Crippen LogP contribution in [0.25, 0.3) is 0 Å². The van der Waals surface area contributed by atoms with Crippen LogP contribution >= 0.6 is 42.6 Å². The molecular formula is C56H75Cl2N8O17PS. The largest absolute Gasteiger partial charge is 0.508 e. The Bertz CT molecular complexity index is 2690. The van der Waals surface area contributed by atoms with Gasteiger partial charge in [0.1, 0.15) is 35.4 Å². The molecule has 9 N–H and O–H groups in total. The van der Waals surface area contributed by atoms with Crippen LogP contribution in [-0.2, 0) is 63.5 Å². The summed E-state index contributed by atoms with van der Waals surface area (Å²) in [5, 5.41) is 40.0. The highest BCUT2D eigenvalue weighted by atomic mass is 35.5. The van der Waals surface area contributed by atoms with Crippen LogP contribution in [0.5, 0.6) is 17.2 Å². The third kappa shape index (κ3) is 23.4. The molecule has 0 spiro atoms. The molecule has 0 radical (unpaired) electrons. The number of phenols is 1. The minimum absolute atomic E-state index is 0.0168. The molecule has 466 valence electrons. The lowest BCUT2D eigenvalue weighted by atomic mass is 10.0. The molecule has 3 aromatic rings. The lowest BCUT2D eigenvalue weighted by molar-refractivity contribution is -0.141. The van der Waals surface area contributed by atoms with Gasteiger partial charge in [-0.1, -0.05) is 41.8 Å². The van der Waals surface area contributed by atoms with Crippen LogP contribution in [0.4, 0.5) is 4.79 Å². The minimum Gasteiger partial charge on any atom is -0.508 e. The smallest absolute Gasteiger partial charge is 0.452 e. The van der Waals surface area contributed by atoms with Crippen molar-refractivity contribution in [2.24, 2.45) is 0 Å². The number of phenolic OH excluding ortho intramolecular Hbond substituents is 1. The van der Waals surface area contributed by atoms with Crippen molar-refractivity contribution in [2.75, 3.05) is 78.2 Å². The van der Waals surface area contributed by atoms with Gasteiger partial charge in [0.05, 0.1) is 77.8 Å². The predicted octanol–water partition coefficient (Wildman–Crippen LogP) is 4.29. The fourth-order valence-electron chi connectivity index (χ4n) is 9.27. The van der Waals surface area contributed by atoms with Crippen molar-refractivity contribution in [3.8, 4) is 17.2 Å². The summed E-state index contributed by atoms with van der Waals surface area (Å²) in [5.74, 6) is -5.29. The number of fused-ring (bicyclic) bond motifs is 1. The van der Waals surface area contributed by atoms with Crippen molar-refractivity contribution in [2.45, 2.75) is 112 Å². The second-order valence-electron chi connectivity index (χ2n) is 20.2. The van der Waals surface area contributed by atoms with Gasteiger partial charge in [-0.3, -0.25) is 33.6 Å². The quantitative estimate of drug-likeness (QED) is 0.0219. The number of carbonyl (C=O) groups excluding carboxylic acids is 7. The van der Waals surface area contributed by atoms with Gasteiger partial charge < -0.3 is 80.3 Å². The maximum absolute atomic E-state index is 14.5. The summed E-state index contributed by atoms with van der Waals surface area (Å²) in [5.41, 5.74) is 0.476. The zero-order valence-corrected chi connectivity index (χ0v) is 50.3. The minimum atomic E-state index is -4.42. The predicted molar refractivity (Wildman–Crippen MR) is 315 cm³/mol. The summed E-state index contributed by atoms with van der Waals surface area (Å²) >= 11 is 13.9. The van der Waals surface area contributed by atoms with E-state index < -0.39 is 61.6 Å². The first-order valence-electron chi connectivity index (χ1n) is 28.1. The van der Waals surface area contributed by atoms with Gasteiger partial charge >= 0.3 is 19.6 Å². The number of benzene rings is 3. The molecule has 25 nitrogen and oxygen atoms in total. The molecule has 0 aliphatic carbocycles. The molecule has 85 heavy (non-hydrogen) atoms. The molecule has 3 saturated heterocycles. The number of hydrogen-bond acceptors (Lipinski definition) is 17. The Labute approximate surface area is 507 Å². The number of carboxylic acids is 1. The fraction of sp³-hybridized carbons (Fsp3) is 0.536. The van der Waals surface area contributed by atoms with Crippen LogP contribution < -0.4 is 46.3 Å². The van der Waals surface area contributed by atoms with E-state index in [9.17, 15) is 53.1 Å². The molecule has 3 aliphatic rings. The summed E-state index contributed by atoms with van der Waals surface area (Å²) < 4.78 is 48.2. The molecule has 0 saturated carbocycles. The van der Waals surface area contributed by atoms with E-state index in [4.69, 9.17) is 51.2 Å². The summed E-state index contributed by atoms with van der Waals surface area (Å²) in [6.07, 6.45) is 2.80.